The number of esters is 2. The number of rotatable bonds is 1. The number of aliphatic hydroxyl groups is 1. The quantitative estimate of drug-likeness (QED) is 0.636. The summed E-state index contributed by atoms with van der Waals surface area (Å²) in [5.41, 5.74) is 0. The number of hydrogen-bond donors (Lipinski definition) is 1. The highest BCUT2D eigenvalue weighted by atomic mass is 16.6. The third-order valence-electron chi connectivity index (χ3n) is 2.44. The molecule has 2 aliphatic rings. The Kier molecular flexibility index (Phi) is 4.55. The SMILES string of the molecule is CCC1CCOC1=O.O=C1OCCC1O. The van der Waals surface area contributed by atoms with E-state index in [-0.39, 0.29) is 11.9 Å². The van der Waals surface area contributed by atoms with Crippen molar-refractivity contribution in [3.63, 3.8) is 0 Å². The van der Waals surface area contributed by atoms with Crippen molar-refractivity contribution < 1.29 is 24.2 Å². The topological polar surface area (TPSA) is 72.8 Å². The van der Waals surface area contributed by atoms with Gasteiger partial charge in [0.25, 0.3) is 0 Å². The Morgan fingerprint density at radius 2 is 1.80 bits per heavy atom. The molecule has 0 aliphatic carbocycles. The summed E-state index contributed by atoms with van der Waals surface area (Å²) in [4.78, 5) is 20.7. The fraction of sp³-hybridized carbons (Fsp3) is 0.800. The van der Waals surface area contributed by atoms with Gasteiger partial charge in [0, 0.05) is 6.42 Å². The second kappa shape index (κ2) is 5.70. The number of carbonyl (C=O) groups excluding carboxylic acids is 2. The van der Waals surface area contributed by atoms with Crippen molar-refractivity contribution in [2.45, 2.75) is 32.3 Å². The standard InChI is InChI=1S/C6H10O2.C4H6O3/c1-2-5-3-4-8-6(5)7;5-3-1-2-7-4(3)6/h5H,2-4H2,1H3;3,5H,1-2H2. The molecule has 5 nitrogen and oxygen atoms in total. The van der Waals surface area contributed by atoms with E-state index in [2.05, 4.69) is 4.74 Å². The van der Waals surface area contributed by atoms with E-state index in [0.29, 0.717) is 19.6 Å². The van der Waals surface area contributed by atoms with E-state index < -0.39 is 12.1 Å². The highest BCUT2D eigenvalue weighted by molar-refractivity contribution is 5.75. The van der Waals surface area contributed by atoms with Crippen LogP contribution in [0.25, 0.3) is 0 Å². The number of carbonyl (C=O) groups is 2. The fourth-order valence-electron chi connectivity index (χ4n) is 1.39. The van der Waals surface area contributed by atoms with Gasteiger partial charge in [0.2, 0.25) is 0 Å². The summed E-state index contributed by atoms with van der Waals surface area (Å²) in [5.74, 6) is -0.289. The number of aliphatic hydroxyl groups excluding tert-OH is 1. The van der Waals surface area contributed by atoms with Gasteiger partial charge in [-0.2, -0.15) is 0 Å². The Labute approximate surface area is 88.4 Å². The smallest absolute Gasteiger partial charge is 0.335 e. The van der Waals surface area contributed by atoms with Gasteiger partial charge in [-0.15, -0.1) is 0 Å². The molecule has 0 amide bonds. The van der Waals surface area contributed by atoms with Crippen LogP contribution in [0.1, 0.15) is 26.2 Å². The van der Waals surface area contributed by atoms with Crippen molar-refractivity contribution in [2.75, 3.05) is 13.2 Å². The number of ether oxygens (including phenoxy) is 2. The highest BCUT2D eigenvalue weighted by Gasteiger charge is 2.23. The first-order chi connectivity index (χ1) is 7.15. The summed E-state index contributed by atoms with van der Waals surface area (Å²) < 4.78 is 9.09. The molecule has 1 N–H and O–H groups in total. The van der Waals surface area contributed by atoms with Crippen LogP contribution in [0.15, 0.2) is 0 Å². The molecule has 0 aromatic carbocycles. The van der Waals surface area contributed by atoms with Crippen LogP contribution in [-0.4, -0.2) is 36.4 Å². The maximum Gasteiger partial charge on any atom is 0.335 e. The molecule has 0 saturated carbocycles. The van der Waals surface area contributed by atoms with Crippen LogP contribution in [0.3, 0.4) is 0 Å². The van der Waals surface area contributed by atoms with Gasteiger partial charge >= 0.3 is 11.9 Å². The largest absolute Gasteiger partial charge is 0.465 e. The average Bonchev–Trinajstić information content (AvgIpc) is 2.78. The van der Waals surface area contributed by atoms with Gasteiger partial charge in [-0.3, -0.25) is 4.79 Å². The third kappa shape index (κ3) is 3.51. The van der Waals surface area contributed by atoms with Gasteiger partial charge in [0.1, 0.15) is 0 Å². The molecule has 2 atom stereocenters. The first-order valence-electron chi connectivity index (χ1n) is 5.16. The molecule has 0 bridgehead atoms. The third-order valence-corrected chi connectivity index (χ3v) is 2.44. The molecule has 15 heavy (non-hydrogen) atoms. The van der Waals surface area contributed by atoms with Gasteiger partial charge in [-0.1, -0.05) is 6.92 Å². The minimum atomic E-state index is -0.847. The van der Waals surface area contributed by atoms with Crippen LogP contribution in [0.4, 0.5) is 0 Å². The van der Waals surface area contributed by atoms with Crippen molar-refractivity contribution in [1.29, 1.82) is 0 Å². The minimum absolute atomic E-state index is 0.00694. The lowest BCUT2D eigenvalue weighted by molar-refractivity contribution is -0.144. The maximum atomic E-state index is 10.6. The molecule has 2 heterocycles. The van der Waals surface area contributed by atoms with E-state index in [4.69, 9.17) is 9.84 Å². The van der Waals surface area contributed by atoms with Crippen LogP contribution >= 0.6 is 0 Å². The summed E-state index contributed by atoms with van der Waals surface area (Å²) in [7, 11) is 0. The number of cyclic esters (lactones) is 2. The second-order valence-corrected chi connectivity index (χ2v) is 3.53. The van der Waals surface area contributed by atoms with Gasteiger partial charge in [-0.25, -0.2) is 4.79 Å². The molecule has 0 radical (unpaired) electrons. The Morgan fingerprint density at radius 3 is 2.00 bits per heavy atom. The molecular weight excluding hydrogens is 200 g/mol. The Bertz CT molecular complexity index is 238. The zero-order valence-corrected chi connectivity index (χ0v) is 8.77. The van der Waals surface area contributed by atoms with Gasteiger partial charge in [0.05, 0.1) is 19.1 Å². The monoisotopic (exact) mass is 216 g/mol. The van der Waals surface area contributed by atoms with Crippen LogP contribution in [-0.2, 0) is 19.1 Å². The van der Waals surface area contributed by atoms with Gasteiger partial charge in [-0.05, 0) is 12.8 Å². The van der Waals surface area contributed by atoms with Crippen molar-refractivity contribution in [3.05, 3.63) is 0 Å². The lowest BCUT2D eigenvalue weighted by Gasteiger charge is -1.95. The van der Waals surface area contributed by atoms with Gasteiger partial charge in [0.15, 0.2) is 6.10 Å². The van der Waals surface area contributed by atoms with E-state index in [1.807, 2.05) is 6.92 Å². The molecule has 0 aromatic heterocycles. The van der Waals surface area contributed by atoms with Crippen LogP contribution in [0, 0.1) is 5.92 Å². The van der Waals surface area contributed by atoms with E-state index in [1.165, 1.54) is 0 Å². The molecule has 2 saturated heterocycles. The zero-order chi connectivity index (χ0) is 11.3. The molecule has 2 fully saturated rings. The lowest BCUT2D eigenvalue weighted by Crippen LogP contribution is -2.11. The Morgan fingerprint density at radius 1 is 1.20 bits per heavy atom. The van der Waals surface area contributed by atoms with Crippen molar-refractivity contribution in [3.8, 4) is 0 Å². The summed E-state index contributed by atoms with van der Waals surface area (Å²) in [6.45, 7) is 3.02. The predicted octanol–water partition coefficient (Wildman–Crippen LogP) is 0.254. The molecule has 5 heteroatoms. The zero-order valence-electron chi connectivity index (χ0n) is 8.77. The molecule has 86 valence electrons. The summed E-state index contributed by atoms with van der Waals surface area (Å²) >= 11 is 0. The van der Waals surface area contributed by atoms with E-state index in [9.17, 15) is 9.59 Å². The average molecular weight is 216 g/mol. The lowest BCUT2D eigenvalue weighted by atomic mass is 10.1. The molecule has 2 unspecified atom stereocenters. The molecule has 0 aromatic rings. The molecular formula is C10H16O5. The normalized spacial score (nSPS) is 29.2. The Balaban J connectivity index is 0.000000151. The van der Waals surface area contributed by atoms with E-state index in [0.717, 1.165) is 12.8 Å². The van der Waals surface area contributed by atoms with Crippen molar-refractivity contribution in [1.82, 2.24) is 0 Å². The minimum Gasteiger partial charge on any atom is -0.465 e. The van der Waals surface area contributed by atoms with E-state index in [1.54, 1.807) is 0 Å². The number of hydrogen-bond acceptors (Lipinski definition) is 5. The highest BCUT2D eigenvalue weighted by Crippen LogP contribution is 2.16. The predicted molar refractivity (Wildman–Crippen MR) is 50.9 cm³/mol. The molecule has 2 rings (SSSR count). The Hall–Kier alpha value is -1.10. The first kappa shape index (κ1) is 12.0. The van der Waals surface area contributed by atoms with Crippen molar-refractivity contribution >= 4 is 11.9 Å². The van der Waals surface area contributed by atoms with E-state index >= 15 is 0 Å². The summed E-state index contributed by atoms with van der Waals surface area (Å²) in [6, 6.07) is 0. The fourth-order valence-corrected chi connectivity index (χ4v) is 1.39. The second-order valence-electron chi connectivity index (χ2n) is 3.53. The summed E-state index contributed by atoms with van der Waals surface area (Å²) in [6.07, 6.45) is 1.47. The van der Waals surface area contributed by atoms with Crippen molar-refractivity contribution in [2.24, 2.45) is 5.92 Å². The van der Waals surface area contributed by atoms with Gasteiger partial charge < -0.3 is 14.6 Å². The summed E-state index contributed by atoms with van der Waals surface area (Å²) in [5, 5.41) is 8.52. The first-order valence-corrected chi connectivity index (χ1v) is 5.16. The maximum absolute atomic E-state index is 10.6. The molecule has 0 spiro atoms. The van der Waals surface area contributed by atoms with Crippen LogP contribution < -0.4 is 0 Å². The molecule has 2 aliphatic heterocycles. The van der Waals surface area contributed by atoms with Crippen LogP contribution in [0.2, 0.25) is 0 Å². The van der Waals surface area contributed by atoms with Crippen LogP contribution in [0.5, 0.6) is 0 Å².